The van der Waals surface area contributed by atoms with Crippen LogP contribution in [-0.2, 0) is 52.8 Å². The van der Waals surface area contributed by atoms with Gasteiger partial charge >= 0.3 is 0 Å². The van der Waals surface area contributed by atoms with E-state index in [1.165, 1.54) is 13.8 Å². The molecule has 0 saturated carbocycles. The van der Waals surface area contributed by atoms with Crippen molar-refractivity contribution >= 4 is 73.8 Å². The molecule has 0 aliphatic carbocycles. The summed E-state index contributed by atoms with van der Waals surface area (Å²) < 4.78 is 0. The lowest BCUT2D eigenvalue weighted by Crippen LogP contribution is -2.62. The molecular weight excluding hydrogens is 953 g/mol. The van der Waals surface area contributed by atoms with Gasteiger partial charge < -0.3 is 69.0 Å². The van der Waals surface area contributed by atoms with Crippen molar-refractivity contribution in [2.75, 3.05) is 24.7 Å². The van der Waals surface area contributed by atoms with Gasteiger partial charge in [0.1, 0.15) is 36.3 Å². The zero-order valence-electron chi connectivity index (χ0n) is 39.7. The van der Waals surface area contributed by atoms with E-state index in [-0.39, 0.29) is 43.7 Å². The fourth-order valence-corrected chi connectivity index (χ4v) is 10.1. The number of benzene rings is 3. The molecule has 1 aliphatic heterocycles. The minimum Gasteiger partial charge on any atom is -0.394 e. The van der Waals surface area contributed by atoms with Crippen LogP contribution in [-0.4, -0.2) is 147 Å². The molecule has 7 amide bonds. The van der Waals surface area contributed by atoms with E-state index < -0.39 is 108 Å². The maximum Gasteiger partial charge on any atom is 0.245 e. The third-order valence-electron chi connectivity index (χ3n) is 11.9. The molecule has 1 aromatic heterocycles. The zero-order chi connectivity index (χ0) is 51.5. The highest BCUT2D eigenvalue weighted by Gasteiger charge is 2.36. The van der Waals surface area contributed by atoms with E-state index in [9.17, 15) is 48.9 Å². The first kappa shape index (κ1) is 55.9. The largest absolute Gasteiger partial charge is 0.394 e. The van der Waals surface area contributed by atoms with E-state index in [4.69, 9.17) is 11.5 Å². The van der Waals surface area contributed by atoms with E-state index in [2.05, 4.69) is 42.2 Å². The standard InChI is InChI=1S/C49H66N10O10S2/c1-28(61)39(25-60)56-48(68)41-27-71-70-26-40(57-43(63)34(51)21-30-13-5-3-6-14-30)47(67)54-37(22-31-15-7-4-8-16-31)45(65)55-38(23-32-24-52-35-18-10-9-17-33(32)35)46(66)53-36(19-11-12-20-50)44(64)59-42(29(2)62)49(69)58-41/h3-10,13-18,24,28-29,34,36-42,52,60-62H,11-12,19-23,25-27,50-51H2,1-2H3,(H,53,66)(H,54,67)(H,55,65)(H,56,68)(H,57,63)(H,58,69)(H,59,64)/t28-,29-,34-,36+,37?,38-,39?,40+,41+,42?/m1/s1. The lowest BCUT2D eigenvalue weighted by molar-refractivity contribution is -0.136. The van der Waals surface area contributed by atoms with Crippen LogP contribution in [0.2, 0.25) is 0 Å². The van der Waals surface area contributed by atoms with Crippen LogP contribution >= 0.6 is 21.6 Å². The van der Waals surface area contributed by atoms with Crippen LogP contribution in [0.1, 0.15) is 49.8 Å². The number of nitrogens with one attached hydrogen (secondary N) is 8. The third kappa shape index (κ3) is 17.1. The van der Waals surface area contributed by atoms with Gasteiger partial charge in [0.15, 0.2) is 0 Å². The Morgan fingerprint density at radius 3 is 1.96 bits per heavy atom. The summed E-state index contributed by atoms with van der Waals surface area (Å²) in [5, 5.41) is 50.5. The van der Waals surface area contributed by atoms with Crippen LogP contribution in [0.5, 0.6) is 0 Å². The number of hydrogen-bond acceptors (Lipinski definition) is 14. The summed E-state index contributed by atoms with van der Waals surface area (Å²) in [7, 11) is 2.06. The number of hydrogen-bond donors (Lipinski definition) is 13. The highest BCUT2D eigenvalue weighted by molar-refractivity contribution is 8.76. The number of aliphatic hydroxyl groups excluding tert-OH is 3. The molecule has 0 radical (unpaired) electrons. The van der Waals surface area contributed by atoms with Gasteiger partial charge in [-0.15, -0.1) is 0 Å². The summed E-state index contributed by atoms with van der Waals surface area (Å²) in [4.78, 5) is 103. The number of para-hydroxylation sites is 1. The number of H-pyrrole nitrogens is 1. The molecule has 0 spiro atoms. The van der Waals surface area contributed by atoms with E-state index >= 15 is 0 Å². The Labute approximate surface area is 420 Å². The molecule has 15 N–H and O–H groups in total. The topological polar surface area (TPSA) is 332 Å². The Bertz CT molecular complexity index is 2400. The number of aromatic nitrogens is 1. The highest BCUT2D eigenvalue weighted by Crippen LogP contribution is 2.24. The number of carbonyl (C=O) groups is 7. The molecule has 1 fully saturated rings. The van der Waals surface area contributed by atoms with E-state index in [1.807, 2.05) is 30.3 Å². The average molecular weight is 1020 g/mol. The summed E-state index contributed by atoms with van der Waals surface area (Å²) in [5.74, 6) is -6.01. The SMILES string of the molecule is C[C@@H](O)C(CO)NC(=O)[C@@H]1CSSC[C@H](NC(=O)[C@H](N)Cc2ccccc2)C(=O)NC(Cc2ccccc2)C(=O)N[C@H](Cc2c[nH]c3ccccc23)C(=O)N[C@@H](CCCCN)C(=O)NC([C@@H](C)O)C(=O)N1. The first-order valence-electron chi connectivity index (χ1n) is 23.5. The maximum atomic E-state index is 14.7. The normalized spacial score (nSPS) is 22.8. The van der Waals surface area contributed by atoms with Crippen LogP contribution in [0.15, 0.2) is 91.1 Å². The van der Waals surface area contributed by atoms with Crippen molar-refractivity contribution in [2.24, 2.45) is 11.5 Å². The van der Waals surface area contributed by atoms with Gasteiger partial charge in [0.25, 0.3) is 0 Å². The van der Waals surface area contributed by atoms with Crippen molar-refractivity contribution in [2.45, 2.75) is 113 Å². The van der Waals surface area contributed by atoms with Crippen molar-refractivity contribution in [3.05, 3.63) is 108 Å². The predicted octanol–water partition coefficient (Wildman–Crippen LogP) is -0.805. The second kappa shape index (κ2) is 28.1. The lowest BCUT2D eigenvalue weighted by Gasteiger charge is -2.29. The first-order valence-corrected chi connectivity index (χ1v) is 26.0. The monoisotopic (exact) mass is 1020 g/mol. The zero-order valence-corrected chi connectivity index (χ0v) is 41.3. The minimum atomic E-state index is -1.66. The number of rotatable bonds is 17. The van der Waals surface area contributed by atoms with Crippen molar-refractivity contribution in [3.63, 3.8) is 0 Å². The van der Waals surface area contributed by atoms with Crippen LogP contribution in [0, 0.1) is 0 Å². The number of amides is 7. The van der Waals surface area contributed by atoms with E-state index in [0.717, 1.165) is 38.1 Å². The summed E-state index contributed by atoms with van der Waals surface area (Å²) >= 11 is 0. The van der Waals surface area contributed by atoms with Crippen molar-refractivity contribution in [3.8, 4) is 0 Å². The Kier molecular flexibility index (Phi) is 22.2. The van der Waals surface area contributed by atoms with Crippen LogP contribution in [0.25, 0.3) is 10.9 Å². The van der Waals surface area contributed by atoms with Crippen LogP contribution in [0.4, 0.5) is 0 Å². The summed E-state index contributed by atoms with van der Waals surface area (Å²) in [6.45, 7) is 2.23. The quantitative estimate of drug-likeness (QED) is 0.0455. The van der Waals surface area contributed by atoms with Gasteiger partial charge in [-0.3, -0.25) is 33.6 Å². The fraction of sp³-hybridized carbons (Fsp3) is 0.449. The summed E-state index contributed by atoms with van der Waals surface area (Å²) in [6, 6.07) is 14.6. The number of unbranched alkanes of at least 4 members (excludes halogenated alkanes) is 1. The maximum absolute atomic E-state index is 14.7. The Hall–Kier alpha value is -6.01. The summed E-state index contributed by atoms with van der Waals surface area (Å²) in [5.41, 5.74) is 15.0. The number of aromatic amines is 1. The Morgan fingerprint density at radius 2 is 1.31 bits per heavy atom. The van der Waals surface area contributed by atoms with Gasteiger partial charge in [-0.05, 0) is 68.8 Å². The highest BCUT2D eigenvalue weighted by atomic mass is 33.1. The molecular formula is C49H66N10O10S2. The second-order valence-electron chi connectivity index (χ2n) is 17.5. The van der Waals surface area contributed by atoms with Crippen molar-refractivity contribution in [1.82, 2.24) is 42.2 Å². The van der Waals surface area contributed by atoms with Crippen LogP contribution in [0.3, 0.4) is 0 Å². The van der Waals surface area contributed by atoms with Gasteiger partial charge in [-0.1, -0.05) is 100 Å². The van der Waals surface area contributed by atoms with Gasteiger partial charge in [0.05, 0.1) is 30.9 Å². The molecule has 384 valence electrons. The van der Waals surface area contributed by atoms with Gasteiger partial charge in [0.2, 0.25) is 41.4 Å². The molecule has 1 aliphatic rings. The van der Waals surface area contributed by atoms with E-state index in [1.54, 1.807) is 60.8 Å². The summed E-state index contributed by atoms with van der Waals surface area (Å²) in [6.07, 6.45) is -0.156. The number of nitrogens with two attached hydrogens (primary N) is 2. The molecule has 0 bridgehead atoms. The predicted molar refractivity (Wildman–Crippen MR) is 272 cm³/mol. The number of fused-ring (bicyclic) bond motifs is 1. The number of aliphatic hydroxyl groups is 3. The molecule has 1 saturated heterocycles. The molecule has 22 heteroatoms. The fourth-order valence-electron chi connectivity index (χ4n) is 7.73. The lowest BCUT2D eigenvalue weighted by atomic mass is 10.0. The Balaban J connectivity index is 1.56. The molecule has 3 aromatic carbocycles. The first-order chi connectivity index (χ1) is 34.1. The van der Waals surface area contributed by atoms with Gasteiger partial charge in [-0.25, -0.2) is 0 Å². The van der Waals surface area contributed by atoms with E-state index in [0.29, 0.717) is 24.0 Å². The van der Waals surface area contributed by atoms with Gasteiger partial charge in [0, 0.05) is 41.4 Å². The van der Waals surface area contributed by atoms with Gasteiger partial charge in [-0.2, -0.15) is 0 Å². The molecule has 20 nitrogen and oxygen atoms in total. The molecule has 10 atom stereocenters. The molecule has 71 heavy (non-hydrogen) atoms. The third-order valence-corrected chi connectivity index (χ3v) is 14.3. The Morgan fingerprint density at radius 1 is 0.718 bits per heavy atom. The second-order valence-corrected chi connectivity index (χ2v) is 20.0. The number of carbonyl (C=O) groups excluding carboxylic acids is 7. The average Bonchev–Trinajstić information content (AvgIpc) is 3.76. The molecule has 4 aromatic rings. The van der Waals surface area contributed by atoms with Crippen molar-refractivity contribution in [1.29, 1.82) is 0 Å². The molecule has 3 unspecified atom stereocenters. The molecule has 5 rings (SSSR count). The minimum absolute atomic E-state index is 0.0340. The van der Waals surface area contributed by atoms with Crippen LogP contribution < -0.4 is 48.7 Å². The smallest absolute Gasteiger partial charge is 0.245 e. The van der Waals surface area contributed by atoms with Crippen molar-refractivity contribution < 1.29 is 48.9 Å². The molecule has 2 heterocycles.